The van der Waals surface area contributed by atoms with Crippen LogP contribution in [0.3, 0.4) is 0 Å². The molecule has 0 unspecified atom stereocenters. The number of hydrogen-bond donors (Lipinski definition) is 1. The standard InChI is InChI=1S/C12H10N2O2.C8H11NO2S.C7H13NO2/c13-12(16)9-4-6-10(7-5-9)14-8-2-1-3-11(14)15;1-9(2)8(10)6-4-5-7(11-3)12-6;1-2-10-7(9)8-5-3-4-6-8/h1-8H,(H2,13,16);4-5H,1-3H3;2-6H2,1H3. The lowest BCUT2D eigenvalue weighted by Gasteiger charge is -2.13. The minimum atomic E-state index is -0.480. The molecule has 204 valence electrons. The number of hydrogen-bond acceptors (Lipinski definition) is 7. The predicted molar refractivity (Wildman–Crippen MR) is 147 cm³/mol. The third kappa shape index (κ3) is 9.07. The quantitative estimate of drug-likeness (QED) is 0.525. The summed E-state index contributed by atoms with van der Waals surface area (Å²) in [6, 6.07) is 15.0. The molecule has 1 aromatic carbocycles. The van der Waals surface area contributed by atoms with Crippen LogP contribution in [0, 0.1) is 0 Å². The van der Waals surface area contributed by atoms with Crippen molar-refractivity contribution in [1.29, 1.82) is 0 Å². The predicted octanol–water partition coefficient (Wildman–Crippen LogP) is 3.63. The molecule has 0 atom stereocenters. The van der Waals surface area contributed by atoms with Crippen LogP contribution in [0.25, 0.3) is 5.69 Å². The van der Waals surface area contributed by atoms with E-state index in [4.69, 9.17) is 15.2 Å². The van der Waals surface area contributed by atoms with Gasteiger partial charge in [0.05, 0.1) is 18.6 Å². The SMILES string of the molecule is CCOC(=O)N1CCCC1.COc1ccc(C(=O)N(C)C)s1.NC(=O)c1ccc(-n2ccccc2=O)cc1. The normalized spacial score (nSPS) is 11.8. The Morgan fingerprint density at radius 3 is 2.16 bits per heavy atom. The molecule has 10 nitrogen and oxygen atoms in total. The van der Waals surface area contributed by atoms with Gasteiger partial charge >= 0.3 is 6.09 Å². The zero-order chi connectivity index (χ0) is 28.1. The van der Waals surface area contributed by atoms with Gasteiger partial charge in [0.1, 0.15) is 0 Å². The van der Waals surface area contributed by atoms with Crippen molar-refractivity contribution >= 4 is 29.2 Å². The zero-order valence-corrected chi connectivity index (χ0v) is 22.9. The molecule has 0 aliphatic carbocycles. The number of thiophene rings is 1. The van der Waals surface area contributed by atoms with Crippen molar-refractivity contribution in [3.05, 3.63) is 81.6 Å². The number of rotatable bonds is 5. The highest BCUT2D eigenvalue weighted by molar-refractivity contribution is 7.15. The Balaban J connectivity index is 0.000000207. The van der Waals surface area contributed by atoms with Gasteiger partial charge in [-0.05, 0) is 62.2 Å². The molecular weight excluding hydrogens is 508 g/mol. The third-order valence-electron chi connectivity index (χ3n) is 5.28. The van der Waals surface area contributed by atoms with Crippen molar-refractivity contribution in [2.24, 2.45) is 5.73 Å². The van der Waals surface area contributed by atoms with Crippen LogP contribution in [0.2, 0.25) is 0 Å². The summed E-state index contributed by atoms with van der Waals surface area (Å²) >= 11 is 1.36. The highest BCUT2D eigenvalue weighted by Gasteiger charge is 2.18. The van der Waals surface area contributed by atoms with E-state index in [1.807, 2.05) is 6.92 Å². The summed E-state index contributed by atoms with van der Waals surface area (Å²) in [5.41, 5.74) is 6.14. The largest absolute Gasteiger partial charge is 0.487 e. The molecule has 3 heterocycles. The second kappa shape index (κ2) is 15.2. The van der Waals surface area contributed by atoms with E-state index >= 15 is 0 Å². The van der Waals surface area contributed by atoms with Crippen LogP contribution < -0.4 is 16.0 Å². The highest BCUT2D eigenvalue weighted by Crippen LogP contribution is 2.24. The van der Waals surface area contributed by atoms with Crippen LogP contribution in [0.4, 0.5) is 4.79 Å². The Bertz CT molecular complexity index is 1250. The minimum Gasteiger partial charge on any atom is -0.487 e. The van der Waals surface area contributed by atoms with E-state index in [9.17, 15) is 19.2 Å². The van der Waals surface area contributed by atoms with Crippen molar-refractivity contribution in [3.63, 3.8) is 0 Å². The van der Waals surface area contributed by atoms with Gasteiger partial charge in [-0.3, -0.25) is 19.0 Å². The molecule has 1 aliphatic rings. The summed E-state index contributed by atoms with van der Waals surface area (Å²) in [5, 5.41) is 0.764. The van der Waals surface area contributed by atoms with E-state index in [2.05, 4.69) is 0 Å². The number of ether oxygens (including phenoxy) is 2. The smallest absolute Gasteiger partial charge is 0.409 e. The van der Waals surface area contributed by atoms with Crippen molar-refractivity contribution < 1.29 is 23.9 Å². The summed E-state index contributed by atoms with van der Waals surface area (Å²) in [4.78, 5) is 48.7. The number of carbonyl (C=O) groups excluding carboxylic acids is 3. The maximum atomic E-state index is 11.5. The molecule has 4 rings (SSSR count). The lowest BCUT2D eigenvalue weighted by Crippen LogP contribution is -2.28. The number of likely N-dealkylation sites (tertiary alicyclic amines) is 1. The Morgan fingerprint density at radius 2 is 1.66 bits per heavy atom. The van der Waals surface area contributed by atoms with Gasteiger partial charge in [-0.1, -0.05) is 17.4 Å². The van der Waals surface area contributed by atoms with E-state index in [-0.39, 0.29) is 17.6 Å². The third-order valence-corrected chi connectivity index (χ3v) is 6.32. The first kappa shape index (κ1) is 30.1. The maximum Gasteiger partial charge on any atom is 0.409 e. The number of primary amides is 1. The highest BCUT2D eigenvalue weighted by atomic mass is 32.1. The van der Waals surface area contributed by atoms with Crippen LogP contribution in [-0.2, 0) is 4.74 Å². The molecule has 0 saturated carbocycles. The van der Waals surface area contributed by atoms with E-state index in [1.165, 1.54) is 22.0 Å². The number of amides is 3. The number of nitrogens with two attached hydrogens (primary N) is 1. The van der Waals surface area contributed by atoms with Crippen LogP contribution >= 0.6 is 11.3 Å². The van der Waals surface area contributed by atoms with Crippen LogP contribution in [-0.4, -0.2) is 73.2 Å². The van der Waals surface area contributed by atoms with E-state index < -0.39 is 5.91 Å². The average molecular weight is 543 g/mol. The van der Waals surface area contributed by atoms with Gasteiger partial charge < -0.3 is 25.0 Å². The Kier molecular flexibility index (Phi) is 12.0. The molecule has 3 amide bonds. The van der Waals surface area contributed by atoms with Crippen molar-refractivity contribution in [2.45, 2.75) is 19.8 Å². The molecule has 2 N–H and O–H groups in total. The van der Waals surface area contributed by atoms with Gasteiger partial charge in [-0.2, -0.15) is 0 Å². The fourth-order valence-corrected chi connectivity index (χ4v) is 4.15. The molecular formula is C27H34N4O6S. The first-order valence-corrected chi connectivity index (χ1v) is 12.8. The number of pyridine rings is 1. The fraction of sp³-hybridized carbons (Fsp3) is 0.333. The number of carbonyl (C=O) groups is 3. The second-order valence-corrected chi connectivity index (χ2v) is 9.28. The molecule has 3 aromatic rings. The zero-order valence-electron chi connectivity index (χ0n) is 22.1. The molecule has 0 spiro atoms. The first-order valence-electron chi connectivity index (χ1n) is 12.0. The Hall–Kier alpha value is -4.12. The van der Waals surface area contributed by atoms with Crippen LogP contribution in [0.1, 0.15) is 39.8 Å². The van der Waals surface area contributed by atoms with Crippen molar-refractivity contribution in [1.82, 2.24) is 14.4 Å². The summed E-state index contributed by atoms with van der Waals surface area (Å²) in [6.45, 7) is 4.06. The summed E-state index contributed by atoms with van der Waals surface area (Å²) in [6.07, 6.45) is 3.76. The number of methoxy groups -OCH3 is 1. The molecule has 1 saturated heterocycles. The lowest BCUT2D eigenvalue weighted by molar-refractivity contribution is 0.0831. The summed E-state index contributed by atoms with van der Waals surface area (Å²) in [7, 11) is 5.05. The van der Waals surface area contributed by atoms with Gasteiger partial charge in [-0.25, -0.2) is 4.79 Å². The Morgan fingerprint density at radius 1 is 1.00 bits per heavy atom. The van der Waals surface area contributed by atoms with Crippen LogP contribution in [0.5, 0.6) is 5.06 Å². The average Bonchev–Trinajstić information content (AvgIpc) is 3.62. The lowest BCUT2D eigenvalue weighted by atomic mass is 10.2. The minimum absolute atomic E-state index is 0.0169. The molecule has 2 aromatic heterocycles. The van der Waals surface area contributed by atoms with Crippen molar-refractivity contribution in [2.75, 3.05) is 40.9 Å². The van der Waals surface area contributed by atoms with Gasteiger partial charge in [0.15, 0.2) is 5.06 Å². The Labute approximate surface area is 226 Å². The summed E-state index contributed by atoms with van der Waals surface area (Å²) in [5.74, 6) is -0.463. The van der Waals surface area contributed by atoms with E-state index in [1.54, 1.807) is 85.7 Å². The van der Waals surface area contributed by atoms with Crippen LogP contribution in [0.15, 0.2) is 65.6 Å². The second-order valence-electron chi connectivity index (χ2n) is 8.24. The first-order chi connectivity index (χ1) is 18.2. The number of nitrogens with zero attached hydrogens (tertiary/aromatic N) is 3. The van der Waals surface area contributed by atoms with Gasteiger partial charge in [0.2, 0.25) is 5.91 Å². The molecule has 0 radical (unpaired) electrons. The summed E-state index contributed by atoms with van der Waals surface area (Å²) < 4.78 is 11.3. The molecule has 38 heavy (non-hydrogen) atoms. The molecule has 0 bridgehead atoms. The van der Waals surface area contributed by atoms with Crippen molar-refractivity contribution in [3.8, 4) is 10.8 Å². The monoisotopic (exact) mass is 542 g/mol. The molecule has 11 heteroatoms. The number of benzene rings is 1. The van der Waals surface area contributed by atoms with E-state index in [0.29, 0.717) is 22.7 Å². The molecule has 1 fully saturated rings. The van der Waals surface area contributed by atoms with Gasteiger partial charge in [0.25, 0.3) is 11.5 Å². The fourth-order valence-electron chi connectivity index (χ4n) is 3.31. The van der Waals surface area contributed by atoms with Gasteiger partial charge in [-0.15, -0.1) is 0 Å². The number of aromatic nitrogens is 1. The topological polar surface area (TPSA) is 124 Å². The molecule has 1 aliphatic heterocycles. The maximum absolute atomic E-state index is 11.5. The van der Waals surface area contributed by atoms with Gasteiger partial charge in [0, 0.05) is 50.7 Å². The van der Waals surface area contributed by atoms with E-state index in [0.717, 1.165) is 31.0 Å².